The summed E-state index contributed by atoms with van der Waals surface area (Å²) in [6, 6.07) is 7.81. The molecule has 1 fully saturated rings. The van der Waals surface area contributed by atoms with Crippen LogP contribution in [0.3, 0.4) is 0 Å². The number of anilines is 1. The highest BCUT2D eigenvalue weighted by Gasteiger charge is 2.28. The van der Waals surface area contributed by atoms with Crippen molar-refractivity contribution < 1.29 is 14.6 Å². The summed E-state index contributed by atoms with van der Waals surface area (Å²) >= 11 is 0. The summed E-state index contributed by atoms with van der Waals surface area (Å²) in [5.41, 5.74) is 1.61. The molecule has 5 heteroatoms. The van der Waals surface area contributed by atoms with E-state index >= 15 is 0 Å². The lowest BCUT2D eigenvalue weighted by molar-refractivity contribution is 0.0329. The van der Waals surface area contributed by atoms with Gasteiger partial charge in [0.25, 0.3) is 5.91 Å². The zero-order valence-corrected chi connectivity index (χ0v) is 11.1. The first-order chi connectivity index (χ1) is 9.22. The van der Waals surface area contributed by atoms with Gasteiger partial charge in [0.05, 0.1) is 12.7 Å². The number of ether oxygens (including phenoxy) is 1. The van der Waals surface area contributed by atoms with Gasteiger partial charge in [-0.2, -0.15) is 0 Å². The van der Waals surface area contributed by atoms with E-state index in [1.54, 1.807) is 19.2 Å². The third-order valence-corrected chi connectivity index (χ3v) is 3.34. The molecule has 19 heavy (non-hydrogen) atoms. The first kappa shape index (κ1) is 13.8. The number of rotatable bonds is 6. The summed E-state index contributed by atoms with van der Waals surface area (Å²) in [6.07, 6.45) is 2.42. The van der Waals surface area contributed by atoms with Gasteiger partial charge >= 0.3 is 0 Å². The molecule has 0 bridgehead atoms. The highest BCUT2D eigenvalue weighted by molar-refractivity contribution is 5.94. The van der Waals surface area contributed by atoms with Crippen LogP contribution >= 0.6 is 0 Å². The van der Waals surface area contributed by atoms with Gasteiger partial charge < -0.3 is 20.5 Å². The van der Waals surface area contributed by atoms with Crippen LogP contribution < -0.4 is 10.6 Å². The summed E-state index contributed by atoms with van der Waals surface area (Å²) in [5, 5.41) is 14.7. The summed E-state index contributed by atoms with van der Waals surface area (Å²) in [5.74, 6) is -0.163. The molecule has 5 nitrogen and oxygen atoms in total. The van der Waals surface area contributed by atoms with Crippen molar-refractivity contribution in [1.82, 2.24) is 5.32 Å². The molecular formula is C14H20N2O3. The normalized spacial score (nSPS) is 21.6. The first-order valence-corrected chi connectivity index (χ1v) is 6.51. The lowest BCUT2D eigenvalue weighted by Gasteiger charge is -2.35. The zero-order chi connectivity index (χ0) is 13.7. The third-order valence-electron chi connectivity index (χ3n) is 3.34. The number of carbonyl (C=O) groups is 1. The van der Waals surface area contributed by atoms with E-state index in [1.165, 1.54) is 0 Å². The van der Waals surface area contributed by atoms with Gasteiger partial charge in [-0.1, -0.05) is 0 Å². The molecule has 2 rings (SSSR count). The van der Waals surface area contributed by atoms with Crippen LogP contribution in [0.4, 0.5) is 5.69 Å². The minimum Gasteiger partial charge on any atom is -0.395 e. The second kappa shape index (κ2) is 6.54. The van der Waals surface area contributed by atoms with E-state index in [4.69, 9.17) is 9.84 Å². The van der Waals surface area contributed by atoms with Gasteiger partial charge in [-0.05, 0) is 37.1 Å². The van der Waals surface area contributed by atoms with E-state index in [9.17, 15) is 4.79 Å². The molecule has 0 aromatic heterocycles. The van der Waals surface area contributed by atoms with Gasteiger partial charge in [-0.3, -0.25) is 4.79 Å². The van der Waals surface area contributed by atoms with Crippen molar-refractivity contribution in [2.75, 3.05) is 25.6 Å². The monoisotopic (exact) mass is 264 g/mol. The van der Waals surface area contributed by atoms with Crippen molar-refractivity contribution in [2.45, 2.75) is 25.0 Å². The van der Waals surface area contributed by atoms with Crippen molar-refractivity contribution in [2.24, 2.45) is 0 Å². The molecule has 0 aliphatic heterocycles. The predicted octanol–water partition coefficient (Wildman–Crippen LogP) is 0.998. The standard InChI is InChI=1S/C14H20N2O3/c1-19-13-8-12(9-13)16-11-4-2-10(3-5-11)14(18)15-6-7-17/h2-5,12-13,16-17H,6-9H2,1H3,(H,15,18). The maximum Gasteiger partial charge on any atom is 0.251 e. The van der Waals surface area contributed by atoms with E-state index in [-0.39, 0.29) is 19.1 Å². The van der Waals surface area contributed by atoms with Crippen molar-refractivity contribution in [1.29, 1.82) is 0 Å². The number of methoxy groups -OCH3 is 1. The van der Waals surface area contributed by atoms with Crippen molar-refractivity contribution in [3.05, 3.63) is 29.8 Å². The van der Waals surface area contributed by atoms with E-state index in [0.29, 0.717) is 17.7 Å². The number of hydrogen-bond acceptors (Lipinski definition) is 4. The summed E-state index contributed by atoms with van der Waals surface area (Å²) < 4.78 is 5.23. The highest BCUT2D eigenvalue weighted by atomic mass is 16.5. The zero-order valence-electron chi connectivity index (χ0n) is 11.1. The molecule has 1 aliphatic rings. The van der Waals surface area contributed by atoms with Gasteiger partial charge in [0, 0.05) is 30.9 Å². The molecule has 0 atom stereocenters. The number of aliphatic hydroxyl groups excluding tert-OH is 1. The van der Waals surface area contributed by atoms with E-state index in [1.807, 2.05) is 12.1 Å². The van der Waals surface area contributed by atoms with Crippen LogP contribution in [0.15, 0.2) is 24.3 Å². The van der Waals surface area contributed by atoms with E-state index in [2.05, 4.69) is 10.6 Å². The van der Waals surface area contributed by atoms with Gasteiger partial charge in [0.1, 0.15) is 0 Å². The van der Waals surface area contributed by atoms with Gasteiger partial charge in [-0.15, -0.1) is 0 Å². The van der Waals surface area contributed by atoms with Crippen LogP contribution in [0.1, 0.15) is 23.2 Å². The molecule has 3 N–H and O–H groups in total. The molecule has 1 amide bonds. The number of benzene rings is 1. The molecule has 1 aromatic rings. The van der Waals surface area contributed by atoms with Gasteiger partial charge in [-0.25, -0.2) is 0 Å². The summed E-state index contributed by atoms with van der Waals surface area (Å²) in [7, 11) is 1.74. The number of nitrogens with one attached hydrogen (secondary N) is 2. The van der Waals surface area contributed by atoms with E-state index in [0.717, 1.165) is 18.5 Å². The number of hydrogen-bond donors (Lipinski definition) is 3. The average Bonchev–Trinajstić information content (AvgIpc) is 2.40. The summed E-state index contributed by atoms with van der Waals surface area (Å²) in [4.78, 5) is 11.6. The molecule has 104 valence electrons. The fraction of sp³-hybridized carbons (Fsp3) is 0.500. The molecule has 0 heterocycles. The Hall–Kier alpha value is -1.59. The number of aliphatic hydroxyl groups is 1. The minimum absolute atomic E-state index is 0.0479. The Labute approximate surface area is 113 Å². The lowest BCUT2D eigenvalue weighted by atomic mass is 9.89. The fourth-order valence-electron chi connectivity index (χ4n) is 2.10. The molecule has 0 saturated heterocycles. The highest BCUT2D eigenvalue weighted by Crippen LogP contribution is 2.26. The molecule has 1 aromatic carbocycles. The largest absolute Gasteiger partial charge is 0.395 e. The van der Waals surface area contributed by atoms with Crippen LogP contribution in [-0.2, 0) is 4.74 Å². The second-order valence-electron chi connectivity index (χ2n) is 4.73. The Morgan fingerprint density at radius 3 is 2.63 bits per heavy atom. The third kappa shape index (κ3) is 3.68. The van der Waals surface area contributed by atoms with Crippen LogP contribution in [-0.4, -0.2) is 43.4 Å². The Morgan fingerprint density at radius 2 is 2.05 bits per heavy atom. The SMILES string of the molecule is COC1CC(Nc2ccc(C(=O)NCCO)cc2)C1. The topological polar surface area (TPSA) is 70.6 Å². The van der Waals surface area contributed by atoms with Gasteiger partial charge in [0.2, 0.25) is 0 Å². The van der Waals surface area contributed by atoms with E-state index < -0.39 is 0 Å². The van der Waals surface area contributed by atoms with Gasteiger partial charge in [0.15, 0.2) is 0 Å². The van der Waals surface area contributed by atoms with Crippen molar-refractivity contribution in [3.8, 4) is 0 Å². The Balaban J connectivity index is 1.83. The van der Waals surface area contributed by atoms with Crippen LogP contribution in [0.25, 0.3) is 0 Å². The quantitative estimate of drug-likeness (QED) is 0.717. The smallest absolute Gasteiger partial charge is 0.251 e. The van der Waals surface area contributed by atoms with Crippen LogP contribution in [0, 0.1) is 0 Å². The predicted molar refractivity (Wildman–Crippen MR) is 73.3 cm³/mol. The molecular weight excluding hydrogens is 244 g/mol. The molecule has 1 saturated carbocycles. The molecule has 0 unspecified atom stereocenters. The fourth-order valence-corrected chi connectivity index (χ4v) is 2.10. The number of amides is 1. The lowest BCUT2D eigenvalue weighted by Crippen LogP contribution is -2.40. The Kier molecular flexibility index (Phi) is 4.76. The van der Waals surface area contributed by atoms with Crippen molar-refractivity contribution >= 4 is 11.6 Å². The molecule has 0 spiro atoms. The Morgan fingerprint density at radius 1 is 1.37 bits per heavy atom. The molecule has 1 aliphatic carbocycles. The minimum atomic E-state index is -0.163. The number of carbonyl (C=O) groups excluding carboxylic acids is 1. The summed E-state index contributed by atoms with van der Waals surface area (Å²) in [6.45, 7) is 0.229. The second-order valence-corrected chi connectivity index (χ2v) is 4.73. The Bertz CT molecular complexity index is 413. The van der Waals surface area contributed by atoms with Crippen molar-refractivity contribution in [3.63, 3.8) is 0 Å². The first-order valence-electron chi connectivity index (χ1n) is 6.51. The van der Waals surface area contributed by atoms with Crippen LogP contribution in [0.2, 0.25) is 0 Å². The maximum atomic E-state index is 11.6. The molecule has 0 radical (unpaired) electrons. The average molecular weight is 264 g/mol. The van der Waals surface area contributed by atoms with Crippen LogP contribution in [0.5, 0.6) is 0 Å². The maximum absolute atomic E-state index is 11.6.